The molecular weight excluding hydrogens is 414 g/mol. The summed E-state index contributed by atoms with van der Waals surface area (Å²) >= 11 is 0. The Morgan fingerprint density at radius 1 is 0.903 bits per heavy atom. The van der Waals surface area contributed by atoms with Crippen molar-refractivity contribution in [1.29, 1.82) is 0 Å². The molecule has 0 fully saturated rings. The summed E-state index contributed by atoms with van der Waals surface area (Å²) in [4.78, 5) is 10.9. The van der Waals surface area contributed by atoms with Crippen LogP contribution in [0.1, 0.15) is 16.8 Å². The third-order valence-corrected chi connectivity index (χ3v) is 6.20. The number of hydrogen-bond donors (Lipinski definition) is 2. The lowest BCUT2D eigenvalue weighted by molar-refractivity contribution is 0.410. The van der Waals surface area contributed by atoms with Crippen molar-refractivity contribution in [2.75, 3.05) is 36.1 Å². The molecule has 0 bridgehead atoms. The molecule has 0 unspecified atom stereocenters. The number of hydrogen-bond acceptors (Lipinski definition) is 7. The molecule has 3 rings (SSSR count). The number of benzene rings is 2. The molecule has 8 nitrogen and oxygen atoms in total. The number of sulfonamides is 1. The quantitative estimate of drug-likeness (QED) is 0.572. The maximum atomic E-state index is 12.9. The van der Waals surface area contributed by atoms with E-state index in [0.29, 0.717) is 22.9 Å². The molecule has 0 spiro atoms. The Morgan fingerprint density at radius 2 is 1.55 bits per heavy atom. The van der Waals surface area contributed by atoms with Crippen molar-refractivity contribution in [1.82, 2.24) is 9.97 Å². The first-order chi connectivity index (χ1) is 14.6. The lowest BCUT2D eigenvalue weighted by Gasteiger charge is -2.15. The van der Waals surface area contributed by atoms with Crippen molar-refractivity contribution in [2.24, 2.45) is 0 Å². The highest BCUT2D eigenvalue weighted by Crippen LogP contribution is 2.28. The summed E-state index contributed by atoms with van der Waals surface area (Å²) in [6.45, 7) is 5.54. The molecule has 0 aliphatic carbocycles. The van der Waals surface area contributed by atoms with E-state index in [2.05, 4.69) is 20.0 Å². The first kappa shape index (κ1) is 22.4. The lowest BCUT2D eigenvalue weighted by Crippen LogP contribution is -2.14. The van der Waals surface area contributed by atoms with Gasteiger partial charge in [0.25, 0.3) is 10.0 Å². The van der Waals surface area contributed by atoms with Crippen molar-refractivity contribution in [3.8, 4) is 5.75 Å². The van der Waals surface area contributed by atoms with Crippen molar-refractivity contribution < 1.29 is 13.2 Å². The molecule has 0 amide bonds. The van der Waals surface area contributed by atoms with Crippen molar-refractivity contribution in [3.05, 3.63) is 59.3 Å². The van der Waals surface area contributed by atoms with Gasteiger partial charge in [-0.25, -0.2) is 13.4 Å². The van der Waals surface area contributed by atoms with Crippen LogP contribution >= 0.6 is 0 Å². The van der Waals surface area contributed by atoms with E-state index in [4.69, 9.17) is 4.74 Å². The average Bonchev–Trinajstić information content (AvgIpc) is 2.68. The fourth-order valence-corrected chi connectivity index (χ4v) is 4.42. The summed E-state index contributed by atoms with van der Waals surface area (Å²) in [5, 5.41) is 3.15. The Labute approximate surface area is 183 Å². The van der Waals surface area contributed by atoms with Crippen LogP contribution in [0.2, 0.25) is 0 Å². The van der Waals surface area contributed by atoms with Gasteiger partial charge >= 0.3 is 0 Å². The standard InChI is InChI=1S/C22H27N5O3S/c1-14-11-15(2)20(13-19(14)30-6)31(28,29)26-18-9-7-17(8-10-18)24-22-23-16(3)12-21(25-22)27(4)5/h7-13,26H,1-6H3,(H,23,24,25). The number of nitrogens with zero attached hydrogens (tertiary/aromatic N) is 3. The molecule has 3 aromatic rings. The van der Waals surface area contributed by atoms with Gasteiger partial charge in [0.15, 0.2) is 0 Å². The minimum atomic E-state index is -3.77. The zero-order valence-electron chi connectivity index (χ0n) is 18.5. The highest BCUT2D eigenvalue weighted by Gasteiger charge is 2.19. The van der Waals surface area contributed by atoms with Crippen LogP contribution in [0, 0.1) is 20.8 Å². The molecule has 1 aromatic heterocycles. The second-order valence-corrected chi connectivity index (χ2v) is 9.13. The molecule has 0 atom stereocenters. The van der Waals surface area contributed by atoms with Gasteiger partial charge in [-0.05, 0) is 56.2 Å². The van der Waals surface area contributed by atoms with Crippen LogP contribution in [-0.2, 0) is 10.0 Å². The van der Waals surface area contributed by atoms with Gasteiger partial charge in [-0.2, -0.15) is 4.98 Å². The van der Waals surface area contributed by atoms with Crippen LogP contribution < -0.4 is 19.7 Å². The molecule has 0 aliphatic rings. The van der Waals surface area contributed by atoms with Crippen LogP contribution in [-0.4, -0.2) is 39.6 Å². The second-order valence-electron chi connectivity index (χ2n) is 7.48. The van der Waals surface area contributed by atoms with Gasteiger partial charge in [-0.1, -0.05) is 6.07 Å². The zero-order chi connectivity index (χ0) is 22.8. The molecule has 2 N–H and O–H groups in total. The van der Waals surface area contributed by atoms with Crippen molar-refractivity contribution in [3.63, 3.8) is 0 Å². The molecule has 0 saturated carbocycles. The Kier molecular flexibility index (Phi) is 6.35. The van der Waals surface area contributed by atoms with E-state index in [1.54, 1.807) is 43.3 Å². The fraction of sp³-hybridized carbons (Fsp3) is 0.273. The maximum Gasteiger partial charge on any atom is 0.262 e. The SMILES string of the molecule is COc1cc(S(=O)(=O)Nc2ccc(Nc3nc(C)cc(N(C)C)n3)cc2)c(C)cc1C. The Bertz CT molecular complexity index is 1190. The summed E-state index contributed by atoms with van der Waals surface area (Å²) in [6, 6.07) is 12.1. The number of ether oxygens (including phenoxy) is 1. The summed E-state index contributed by atoms with van der Waals surface area (Å²) in [7, 11) is 1.58. The second kappa shape index (κ2) is 8.81. The predicted molar refractivity (Wildman–Crippen MR) is 124 cm³/mol. The number of aryl methyl sites for hydroxylation is 3. The van der Waals surface area contributed by atoms with Gasteiger partial charge in [-0.3, -0.25) is 4.72 Å². The third-order valence-electron chi connectivity index (χ3n) is 4.67. The minimum absolute atomic E-state index is 0.182. The third kappa shape index (κ3) is 5.24. The Hall–Kier alpha value is -3.33. The smallest absolute Gasteiger partial charge is 0.262 e. The topological polar surface area (TPSA) is 96.5 Å². The van der Waals surface area contributed by atoms with E-state index in [1.807, 2.05) is 38.9 Å². The number of aromatic nitrogens is 2. The highest BCUT2D eigenvalue weighted by atomic mass is 32.2. The molecule has 31 heavy (non-hydrogen) atoms. The van der Waals surface area contributed by atoms with Crippen molar-refractivity contribution in [2.45, 2.75) is 25.7 Å². The summed E-state index contributed by atoms with van der Waals surface area (Å²) in [6.07, 6.45) is 0. The van der Waals surface area contributed by atoms with E-state index >= 15 is 0 Å². The summed E-state index contributed by atoms with van der Waals surface area (Å²) in [5.41, 5.74) is 3.56. The molecule has 2 aromatic carbocycles. The van der Waals surface area contributed by atoms with Gasteiger partial charge in [0.1, 0.15) is 11.6 Å². The number of methoxy groups -OCH3 is 1. The molecule has 164 valence electrons. The van der Waals surface area contributed by atoms with Gasteiger partial charge < -0.3 is 15.0 Å². The number of nitrogens with one attached hydrogen (secondary N) is 2. The van der Waals surface area contributed by atoms with Crippen LogP contribution in [0.15, 0.2) is 47.4 Å². The van der Waals surface area contributed by atoms with E-state index in [-0.39, 0.29) is 4.90 Å². The van der Waals surface area contributed by atoms with E-state index in [0.717, 1.165) is 22.8 Å². The van der Waals surface area contributed by atoms with E-state index in [9.17, 15) is 8.42 Å². The Balaban J connectivity index is 1.80. The van der Waals surface area contributed by atoms with Crippen LogP contribution in [0.25, 0.3) is 0 Å². The number of rotatable bonds is 7. The first-order valence-corrected chi connectivity index (χ1v) is 11.2. The monoisotopic (exact) mass is 441 g/mol. The van der Waals surface area contributed by atoms with E-state index in [1.165, 1.54) is 7.11 Å². The first-order valence-electron chi connectivity index (χ1n) is 9.67. The van der Waals surface area contributed by atoms with Crippen molar-refractivity contribution >= 4 is 33.2 Å². The fourth-order valence-electron chi connectivity index (χ4n) is 3.12. The van der Waals surface area contributed by atoms with Crippen LogP contribution in [0.5, 0.6) is 5.75 Å². The average molecular weight is 442 g/mol. The normalized spacial score (nSPS) is 11.2. The van der Waals surface area contributed by atoms with Gasteiger partial charge in [-0.15, -0.1) is 0 Å². The van der Waals surface area contributed by atoms with Crippen LogP contribution in [0.4, 0.5) is 23.1 Å². The zero-order valence-corrected chi connectivity index (χ0v) is 19.3. The molecule has 0 aliphatic heterocycles. The Morgan fingerprint density at radius 3 is 2.16 bits per heavy atom. The molecule has 0 radical (unpaired) electrons. The van der Waals surface area contributed by atoms with Crippen LogP contribution in [0.3, 0.4) is 0 Å². The summed E-state index contributed by atoms with van der Waals surface area (Å²) < 4.78 is 33.7. The van der Waals surface area contributed by atoms with E-state index < -0.39 is 10.0 Å². The van der Waals surface area contributed by atoms with Gasteiger partial charge in [0.2, 0.25) is 5.95 Å². The minimum Gasteiger partial charge on any atom is -0.496 e. The van der Waals surface area contributed by atoms with Gasteiger partial charge in [0, 0.05) is 43.3 Å². The molecular formula is C22H27N5O3S. The molecule has 1 heterocycles. The lowest BCUT2D eigenvalue weighted by atomic mass is 10.1. The predicted octanol–water partition coefficient (Wildman–Crippen LogP) is 4.02. The summed E-state index contributed by atoms with van der Waals surface area (Å²) in [5.74, 6) is 1.79. The highest BCUT2D eigenvalue weighted by molar-refractivity contribution is 7.92. The molecule has 0 saturated heterocycles. The largest absolute Gasteiger partial charge is 0.496 e. The molecule has 9 heteroatoms. The maximum absolute atomic E-state index is 12.9. The number of anilines is 4. The van der Waals surface area contributed by atoms with Gasteiger partial charge in [0.05, 0.1) is 12.0 Å².